The first-order valence-electron chi connectivity index (χ1n) is 3.87. The lowest BCUT2D eigenvalue weighted by Crippen LogP contribution is -1.89. The Morgan fingerprint density at radius 3 is 2.85 bits per heavy atom. The number of hydrogen-bond donors (Lipinski definition) is 0. The van der Waals surface area contributed by atoms with E-state index in [0.29, 0.717) is 0 Å². The fourth-order valence-corrected chi connectivity index (χ4v) is 1.13. The van der Waals surface area contributed by atoms with Crippen LogP contribution in [0.25, 0.3) is 11.3 Å². The second-order valence-corrected chi connectivity index (χ2v) is 2.74. The molecule has 0 aromatic carbocycles. The molecule has 0 radical (unpaired) electrons. The number of halogens is 1. The molecule has 0 saturated carbocycles. The van der Waals surface area contributed by atoms with Crippen molar-refractivity contribution in [1.82, 2.24) is 14.8 Å². The van der Waals surface area contributed by atoms with Crippen molar-refractivity contribution in [3.63, 3.8) is 0 Å². The minimum atomic E-state index is -0.483. The van der Waals surface area contributed by atoms with Gasteiger partial charge in [-0.15, -0.1) is 0 Å². The molecule has 0 fully saturated rings. The average Bonchev–Trinajstić information content (AvgIpc) is 2.52. The number of hydrogen-bond acceptors (Lipinski definition) is 2. The Kier molecular flexibility index (Phi) is 1.81. The third kappa shape index (κ3) is 1.56. The Bertz CT molecular complexity index is 422. The third-order valence-electron chi connectivity index (χ3n) is 1.74. The topological polar surface area (TPSA) is 30.7 Å². The van der Waals surface area contributed by atoms with Gasteiger partial charge in [0, 0.05) is 31.1 Å². The Hall–Kier alpha value is -1.71. The molecular formula is C9H8FN3. The molecule has 0 unspecified atom stereocenters. The van der Waals surface area contributed by atoms with Crippen LogP contribution in [0.1, 0.15) is 0 Å². The van der Waals surface area contributed by atoms with Crippen LogP contribution in [0.15, 0.2) is 30.6 Å². The van der Waals surface area contributed by atoms with Crippen molar-refractivity contribution in [2.24, 2.45) is 7.05 Å². The van der Waals surface area contributed by atoms with E-state index in [1.54, 1.807) is 10.7 Å². The normalized spacial score (nSPS) is 10.3. The molecule has 0 saturated heterocycles. The summed E-state index contributed by atoms with van der Waals surface area (Å²) in [5.74, 6) is -0.483. The van der Waals surface area contributed by atoms with Gasteiger partial charge in [0.15, 0.2) is 0 Å². The van der Waals surface area contributed by atoms with E-state index in [9.17, 15) is 4.39 Å². The Balaban J connectivity index is 2.46. The van der Waals surface area contributed by atoms with E-state index in [0.717, 1.165) is 11.3 Å². The van der Waals surface area contributed by atoms with Gasteiger partial charge < -0.3 is 0 Å². The predicted molar refractivity (Wildman–Crippen MR) is 46.4 cm³/mol. The summed E-state index contributed by atoms with van der Waals surface area (Å²) in [4.78, 5) is 3.47. The molecule has 0 amide bonds. The molecule has 0 aliphatic carbocycles. The van der Waals surface area contributed by atoms with Crippen LogP contribution in [0.5, 0.6) is 0 Å². The van der Waals surface area contributed by atoms with Crippen LogP contribution in [0.3, 0.4) is 0 Å². The molecule has 0 spiro atoms. The second kappa shape index (κ2) is 2.97. The zero-order valence-electron chi connectivity index (χ0n) is 7.11. The zero-order chi connectivity index (χ0) is 9.26. The molecule has 2 rings (SSSR count). The van der Waals surface area contributed by atoms with Crippen molar-refractivity contribution in [3.8, 4) is 11.3 Å². The van der Waals surface area contributed by atoms with Gasteiger partial charge >= 0.3 is 0 Å². The van der Waals surface area contributed by atoms with Crippen molar-refractivity contribution in [1.29, 1.82) is 0 Å². The van der Waals surface area contributed by atoms with Gasteiger partial charge in [-0.05, 0) is 12.1 Å². The summed E-state index contributed by atoms with van der Waals surface area (Å²) >= 11 is 0. The maximum Gasteiger partial charge on any atom is 0.213 e. The van der Waals surface area contributed by atoms with E-state index in [-0.39, 0.29) is 0 Å². The quantitative estimate of drug-likeness (QED) is 0.620. The van der Waals surface area contributed by atoms with Crippen LogP contribution in [-0.2, 0) is 7.05 Å². The molecule has 0 N–H and O–H groups in total. The highest BCUT2D eigenvalue weighted by atomic mass is 19.1. The van der Waals surface area contributed by atoms with Crippen LogP contribution < -0.4 is 0 Å². The molecule has 0 aliphatic heterocycles. The summed E-state index contributed by atoms with van der Waals surface area (Å²) in [7, 11) is 1.82. The van der Waals surface area contributed by atoms with Crippen molar-refractivity contribution >= 4 is 0 Å². The molecular weight excluding hydrogens is 169 g/mol. The van der Waals surface area contributed by atoms with Gasteiger partial charge in [-0.1, -0.05) is 0 Å². The number of aryl methyl sites for hydroxylation is 1. The number of aromatic nitrogens is 3. The highest BCUT2D eigenvalue weighted by molar-refractivity contribution is 5.57. The fraction of sp³-hybridized carbons (Fsp3) is 0.111. The van der Waals surface area contributed by atoms with E-state index < -0.39 is 5.95 Å². The molecule has 2 heterocycles. The van der Waals surface area contributed by atoms with Crippen LogP contribution in [-0.4, -0.2) is 14.8 Å². The molecule has 0 bridgehead atoms. The molecule has 4 heteroatoms. The molecule has 3 nitrogen and oxygen atoms in total. The summed E-state index contributed by atoms with van der Waals surface area (Å²) in [5.41, 5.74) is 1.50. The highest BCUT2D eigenvalue weighted by Gasteiger charge is 2.01. The maximum absolute atomic E-state index is 12.7. The van der Waals surface area contributed by atoms with Crippen molar-refractivity contribution in [2.75, 3.05) is 0 Å². The number of nitrogens with zero attached hydrogens (tertiary/aromatic N) is 3. The monoisotopic (exact) mass is 177 g/mol. The van der Waals surface area contributed by atoms with Crippen LogP contribution >= 0.6 is 0 Å². The lowest BCUT2D eigenvalue weighted by atomic mass is 10.2. The van der Waals surface area contributed by atoms with E-state index in [1.807, 2.05) is 19.3 Å². The summed E-state index contributed by atoms with van der Waals surface area (Å²) in [6.45, 7) is 0. The fourth-order valence-electron chi connectivity index (χ4n) is 1.13. The summed E-state index contributed by atoms with van der Waals surface area (Å²) in [6.07, 6.45) is 3.24. The van der Waals surface area contributed by atoms with Gasteiger partial charge in [-0.3, -0.25) is 4.68 Å². The van der Waals surface area contributed by atoms with Gasteiger partial charge in [0.2, 0.25) is 5.95 Å². The van der Waals surface area contributed by atoms with Gasteiger partial charge in [0.1, 0.15) is 0 Å². The SMILES string of the molecule is Cn1ccc(-c2ccnc(F)c2)n1. The third-order valence-corrected chi connectivity index (χ3v) is 1.74. The molecule has 2 aromatic heterocycles. The predicted octanol–water partition coefficient (Wildman–Crippen LogP) is 1.62. The average molecular weight is 177 g/mol. The van der Waals surface area contributed by atoms with Crippen LogP contribution in [0.4, 0.5) is 4.39 Å². The largest absolute Gasteiger partial charge is 0.275 e. The smallest absolute Gasteiger partial charge is 0.213 e. The second-order valence-electron chi connectivity index (χ2n) is 2.74. The minimum absolute atomic E-state index is 0.483. The Morgan fingerprint density at radius 2 is 2.23 bits per heavy atom. The Labute approximate surface area is 74.8 Å². The van der Waals surface area contributed by atoms with Gasteiger partial charge in [-0.25, -0.2) is 4.98 Å². The van der Waals surface area contributed by atoms with E-state index in [1.165, 1.54) is 12.3 Å². The minimum Gasteiger partial charge on any atom is -0.275 e. The van der Waals surface area contributed by atoms with Crippen molar-refractivity contribution < 1.29 is 4.39 Å². The molecule has 0 aliphatic rings. The highest BCUT2D eigenvalue weighted by Crippen LogP contribution is 2.15. The van der Waals surface area contributed by atoms with E-state index in [4.69, 9.17) is 0 Å². The lowest BCUT2D eigenvalue weighted by molar-refractivity contribution is 0.584. The summed E-state index contributed by atoms with van der Waals surface area (Å²) < 4.78 is 14.4. The van der Waals surface area contributed by atoms with Gasteiger partial charge in [-0.2, -0.15) is 9.49 Å². The first-order valence-corrected chi connectivity index (χ1v) is 3.87. The lowest BCUT2D eigenvalue weighted by Gasteiger charge is -1.94. The van der Waals surface area contributed by atoms with Crippen LogP contribution in [0.2, 0.25) is 0 Å². The van der Waals surface area contributed by atoms with Gasteiger partial charge in [0.05, 0.1) is 5.69 Å². The standard InChI is InChI=1S/C9H8FN3/c1-13-5-3-8(12-13)7-2-4-11-9(10)6-7/h2-6H,1H3. The first kappa shape index (κ1) is 7.91. The van der Waals surface area contributed by atoms with E-state index >= 15 is 0 Å². The molecule has 0 atom stereocenters. The molecule has 13 heavy (non-hydrogen) atoms. The molecule has 2 aromatic rings. The summed E-state index contributed by atoms with van der Waals surface area (Å²) in [5, 5.41) is 4.14. The first-order chi connectivity index (χ1) is 6.25. The zero-order valence-corrected chi connectivity index (χ0v) is 7.11. The van der Waals surface area contributed by atoms with Crippen LogP contribution in [0, 0.1) is 5.95 Å². The molecule has 66 valence electrons. The van der Waals surface area contributed by atoms with Crippen molar-refractivity contribution in [2.45, 2.75) is 0 Å². The maximum atomic E-state index is 12.7. The van der Waals surface area contributed by atoms with E-state index in [2.05, 4.69) is 10.1 Å². The number of pyridine rings is 1. The number of rotatable bonds is 1. The van der Waals surface area contributed by atoms with Crippen molar-refractivity contribution in [3.05, 3.63) is 36.5 Å². The van der Waals surface area contributed by atoms with Gasteiger partial charge in [0.25, 0.3) is 0 Å². The Morgan fingerprint density at radius 1 is 1.38 bits per heavy atom. The summed E-state index contributed by atoms with van der Waals surface area (Å²) in [6, 6.07) is 4.92.